The summed E-state index contributed by atoms with van der Waals surface area (Å²) in [7, 11) is 0. The Labute approximate surface area is 135 Å². The minimum Gasteiger partial charge on any atom is -0.349 e. The molecular formula is C18H19ClN2O. The number of aryl methyl sites for hydroxylation is 1. The van der Waals surface area contributed by atoms with E-state index in [-0.39, 0.29) is 11.9 Å². The zero-order valence-electron chi connectivity index (χ0n) is 12.3. The van der Waals surface area contributed by atoms with Gasteiger partial charge in [-0.1, -0.05) is 29.8 Å². The largest absolute Gasteiger partial charge is 0.349 e. The van der Waals surface area contributed by atoms with Crippen molar-refractivity contribution in [2.75, 3.05) is 0 Å². The molecule has 1 unspecified atom stereocenters. The van der Waals surface area contributed by atoms with E-state index in [9.17, 15) is 4.79 Å². The minimum atomic E-state index is 0.0932. The van der Waals surface area contributed by atoms with Gasteiger partial charge in [0, 0.05) is 23.8 Å². The SMILES string of the molecule is O=C(CCc1cccnc1)NC(c1ccc(Cl)cc1)C1CC1. The highest BCUT2D eigenvalue weighted by Crippen LogP contribution is 2.41. The molecule has 1 fully saturated rings. The topological polar surface area (TPSA) is 42.0 Å². The van der Waals surface area contributed by atoms with Crippen molar-refractivity contribution < 1.29 is 4.79 Å². The number of halogens is 1. The van der Waals surface area contributed by atoms with Crippen molar-refractivity contribution in [2.24, 2.45) is 5.92 Å². The van der Waals surface area contributed by atoms with E-state index in [0.29, 0.717) is 12.3 Å². The van der Waals surface area contributed by atoms with Gasteiger partial charge >= 0.3 is 0 Å². The number of hydrogen-bond donors (Lipinski definition) is 1. The zero-order valence-corrected chi connectivity index (χ0v) is 13.1. The molecule has 1 aromatic heterocycles. The lowest BCUT2D eigenvalue weighted by atomic mass is 10.0. The van der Waals surface area contributed by atoms with Crippen LogP contribution in [-0.4, -0.2) is 10.9 Å². The van der Waals surface area contributed by atoms with E-state index in [0.717, 1.165) is 22.6 Å². The van der Waals surface area contributed by atoms with Crippen LogP contribution in [0.2, 0.25) is 5.02 Å². The second kappa shape index (κ2) is 6.93. The van der Waals surface area contributed by atoms with Gasteiger partial charge in [0.15, 0.2) is 0 Å². The summed E-state index contributed by atoms with van der Waals surface area (Å²) in [5.41, 5.74) is 2.23. The summed E-state index contributed by atoms with van der Waals surface area (Å²) in [6, 6.07) is 11.8. The van der Waals surface area contributed by atoms with Crippen molar-refractivity contribution >= 4 is 17.5 Å². The molecule has 1 aliphatic carbocycles. The molecule has 2 aromatic rings. The molecule has 3 nitrogen and oxygen atoms in total. The summed E-state index contributed by atoms with van der Waals surface area (Å²) >= 11 is 5.94. The van der Waals surface area contributed by atoms with Crippen molar-refractivity contribution in [1.82, 2.24) is 10.3 Å². The molecule has 1 aromatic carbocycles. The van der Waals surface area contributed by atoms with Crippen molar-refractivity contribution in [3.8, 4) is 0 Å². The highest BCUT2D eigenvalue weighted by atomic mass is 35.5. The van der Waals surface area contributed by atoms with Crippen molar-refractivity contribution in [1.29, 1.82) is 0 Å². The van der Waals surface area contributed by atoms with E-state index in [4.69, 9.17) is 11.6 Å². The first-order valence-electron chi connectivity index (χ1n) is 7.66. The molecule has 22 heavy (non-hydrogen) atoms. The molecule has 1 saturated carbocycles. The maximum Gasteiger partial charge on any atom is 0.220 e. The van der Waals surface area contributed by atoms with Gasteiger partial charge in [-0.05, 0) is 54.5 Å². The lowest BCUT2D eigenvalue weighted by Crippen LogP contribution is -2.30. The maximum atomic E-state index is 12.2. The average molecular weight is 315 g/mol. The molecule has 4 heteroatoms. The summed E-state index contributed by atoms with van der Waals surface area (Å²) in [5, 5.41) is 3.91. The van der Waals surface area contributed by atoms with Crippen LogP contribution in [0, 0.1) is 5.92 Å². The normalized spacial score (nSPS) is 15.3. The van der Waals surface area contributed by atoms with Crippen LogP contribution in [0.4, 0.5) is 0 Å². The molecule has 0 aliphatic heterocycles. The van der Waals surface area contributed by atoms with Gasteiger partial charge in [-0.25, -0.2) is 0 Å². The molecule has 0 radical (unpaired) electrons. The zero-order chi connectivity index (χ0) is 15.4. The maximum absolute atomic E-state index is 12.2. The van der Waals surface area contributed by atoms with E-state index in [1.54, 1.807) is 6.20 Å². The van der Waals surface area contributed by atoms with Crippen LogP contribution >= 0.6 is 11.6 Å². The summed E-state index contributed by atoms with van der Waals surface area (Å²) < 4.78 is 0. The van der Waals surface area contributed by atoms with Crippen LogP contribution in [0.5, 0.6) is 0 Å². The fraction of sp³-hybridized carbons (Fsp3) is 0.333. The molecule has 1 amide bonds. The number of benzene rings is 1. The van der Waals surface area contributed by atoms with Crippen LogP contribution < -0.4 is 5.32 Å². The molecule has 0 bridgehead atoms. The molecule has 114 valence electrons. The smallest absolute Gasteiger partial charge is 0.220 e. The highest BCUT2D eigenvalue weighted by Gasteiger charge is 2.33. The van der Waals surface area contributed by atoms with Crippen molar-refractivity contribution in [3.05, 3.63) is 64.9 Å². The predicted molar refractivity (Wildman–Crippen MR) is 87.6 cm³/mol. The van der Waals surface area contributed by atoms with Gasteiger partial charge in [0.25, 0.3) is 0 Å². The number of carbonyl (C=O) groups excluding carboxylic acids is 1. The quantitative estimate of drug-likeness (QED) is 0.877. The van der Waals surface area contributed by atoms with Gasteiger partial charge in [0.05, 0.1) is 6.04 Å². The van der Waals surface area contributed by atoms with Crippen molar-refractivity contribution in [3.63, 3.8) is 0 Å². The number of rotatable bonds is 6. The third-order valence-corrected chi connectivity index (χ3v) is 4.25. The number of nitrogens with zero attached hydrogens (tertiary/aromatic N) is 1. The summed E-state index contributed by atoms with van der Waals surface area (Å²) in [6.07, 6.45) is 7.12. The van der Waals surface area contributed by atoms with Crippen LogP contribution in [0.25, 0.3) is 0 Å². The molecule has 1 atom stereocenters. The fourth-order valence-electron chi connectivity index (χ4n) is 2.62. The first kappa shape index (κ1) is 15.0. The third-order valence-electron chi connectivity index (χ3n) is 4.00. The molecule has 1 aliphatic rings. The Morgan fingerprint density at radius 3 is 2.68 bits per heavy atom. The van der Waals surface area contributed by atoms with Gasteiger partial charge in [-0.3, -0.25) is 9.78 Å². The van der Waals surface area contributed by atoms with E-state index in [1.807, 2.05) is 42.6 Å². The molecule has 1 heterocycles. The molecule has 3 rings (SSSR count). The Morgan fingerprint density at radius 1 is 1.27 bits per heavy atom. The van der Waals surface area contributed by atoms with Crippen LogP contribution in [0.1, 0.15) is 36.4 Å². The van der Waals surface area contributed by atoms with Gasteiger partial charge in [-0.15, -0.1) is 0 Å². The van der Waals surface area contributed by atoms with Gasteiger partial charge < -0.3 is 5.32 Å². The van der Waals surface area contributed by atoms with E-state index in [2.05, 4.69) is 10.3 Å². The summed E-state index contributed by atoms with van der Waals surface area (Å²) in [5.74, 6) is 0.652. The Hall–Kier alpha value is -1.87. The first-order valence-corrected chi connectivity index (χ1v) is 8.04. The van der Waals surface area contributed by atoms with E-state index >= 15 is 0 Å². The second-order valence-corrected chi connectivity index (χ2v) is 6.23. The van der Waals surface area contributed by atoms with E-state index < -0.39 is 0 Å². The third kappa shape index (κ3) is 4.08. The van der Waals surface area contributed by atoms with Crippen LogP contribution in [0.3, 0.4) is 0 Å². The Balaban J connectivity index is 1.59. The molecular weight excluding hydrogens is 296 g/mol. The Kier molecular flexibility index (Phi) is 4.74. The average Bonchev–Trinajstić information content (AvgIpc) is 3.37. The van der Waals surface area contributed by atoms with E-state index in [1.165, 1.54) is 12.8 Å². The molecule has 0 saturated heterocycles. The summed E-state index contributed by atoms with van der Waals surface area (Å²) in [6.45, 7) is 0. The Morgan fingerprint density at radius 2 is 2.05 bits per heavy atom. The van der Waals surface area contributed by atoms with Gasteiger partial charge in [-0.2, -0.15) is 0 Å². The number of nitrogens with one attached hydrogen (secondary N) is 1. The number of carbonyl (C=O) groups is 1. The minimum absolute atomic E-state index is 0.0932. The number of amides is 1. The predicted octanol–water partition coefficient (Wildman–Crippen LogP) is 3.94. The standard InChI is InChI=1S/C18H19ClN2O/c19-16-8-6-15(7-9-16)18(14-4-5-14)21-17(22)10-3-13-2-1-11-20-12-13/h1-2,6-9,11-12,14,18H,3-5,10H2,(H,21,22). The fourth-order valence-corrected chi connectivity index (χ4v) is 2.75. The molecule has 1 N–H and O–H groups in total. The number of hydrogen-bond acceptors (Lipinski definition) is 2. The van der Waals surface area contributed by atoms with Gasteiger partial charge in [0.2, 0.25) is 5.91 Å². The lowest BCUT2D eigenvalue weighted by molar-refractivity contribution is -0.122. The Bertz CT molecular complexity index is 623. The number of aromatic nitrogens is 1. The monoisotopic (exact) mass is 314 g/mol. The second-order valence-electron chi connectivity index (χ2n) is 5.80. The van der Waals surface area contributed by atoms with Gasteiger partial charge in [0.1, 0.15) is 0 Å². The first-order chi connectivity index (χ1) is 10.7. The number of pyridine rings is 1. The highest BCUT2D eigenvalue weighted by molar-refractivity contribution is 6.30. The van der Waals surface area contributed by atoms with Crippen molar-refractivity contribution in [2.45, 2.75) is 31.7 Å². The van der Waals surface area contributed by atoms with Crippen LogP contribution in [0.15, 0.2) is 48.8 Å². The lowest BCUT2D eigenvalue weighted by Gasteiger charge is -2.19. The summed E-state index contributed by atoms with van der Waals surface area (Å²) in [4.78, 5) is 16.3. The molecule has 0 spiro atoms. The van der Waals surface area contributed by atoms with Crippen LogP contribution in [-0.2, 0) is 11.2 Å².